The van der Waals surface area contributed by atoms with Gasteiger partial charge in [-0.3, -0.25) is 18.8 Å². The van der Waals surface area contributed by atoms with E-state index in [1.54, 1.807) is 11.6 Å². The minimum atomic E-state index is -0.913. The number of thiazole rings is 1. The predicted octanol–water partition coefficient (Wildman–Crippen LogP) is 0.303. The van der Waals surface area contributed by atoms with Gasteiger partial charge in [0.05, 0.1) is 5.92 Å². The van der Waals surface area contributed by atoms with Gasteiger partial charge in [0.2, 0.25) is 0 Å². The number of rotatable bonds is 2. The average Bonchev–Trinajstić information content (AvgIpc) is 3.08. The molecule has 20 heavy (non-hydrogen) atoms. The van der Waals surface area contributed by atoms with Gasteiger partial charge in [-0.2, -0.15) is 0 Å². The molecule has 0 aromatic carbocycles. The van der Waals surface area contributed by atoms with Gasteiger partial charge in [0.25, 0.3) is 11.5 Å². The van der Waals surface area contributed by atoms with Gasteiger partial charge in [-0.05, 0) is 6.42 Å². The number of nitrogens with zero attached hydrogens (tertiary/aromatic N) is 3. The standard InChI is InChI=1S/C12H11N3O4S/c16-9(14-2-1-7(6-14)11(18)19)8-5-13-12-15(10(8)17)3-4-20-12/h3-5,7H,1-2,6H2,(H,18,19). The van der Waals surface area contributed by atoms with E-state index in [4.69, 9.17) is 5.11 Å². The van der Waals surface area contributed by atoms with E-state index >= 15 is 0 Å². The molecule has 0 saturated carbocycles. The molecule has 1 atom stereocenters. The Hall–Kier alpha value is -2.22. The van der Waals surface area contributed by atoms with Crippen molar-refractivity contribution in [2.45, 2.75) is 6.42 Å². The first-order valence-electron chi connectivity index (χ1n) is 6.05. The number of carbonyl (C=O) groups excluding carboxylic acids is 1. The number of amides is 1. The lowest BCUT2D eigenvalue weighted by molar-refractivity contribution is -0.141. The van der Waals surface area contributed by atoms with Gasteiger partial charge in [-0.25, -0.2) is 4.98 Å². The molecule has 0 radical (unpaired) electrons. The maximum atomic E-state index is 12.3. The molecule has 8 heteroatoms. The topological polar surface area (TPSA) is 92.0 Å². The zero-order valence-corrected chi connectivity index (χ0v) is 11.2. The van der Waals surface area contributed by atoms with Gasteiger partial charge in [0, 0.05) is 30.9 Å². The number of carboxylic acids is 1. The van der Waals surface area contributed by atoms with Crippen LogP contribution >= 0.6 is 11.3 Å². The van der Waals surface area contributed by atoms with Crippen LogP contribution in [0, 0.1) is 5.92 Å². The molecule has 104 valence electrons. The molecule has 1 unspecified atom stereocenters. The van der Waals surface area contributed by atoms with Crippen LogP contribution in [0.3, 0.4) is 0 Å². The van der Waals surface area contributed by atoms with Crippen molar-refractivity contribution in [3.63, 3.8) is 0 Å². The largest absolute Gasteiger partial charge is 0.481 e. The van der Waals surface area contributed by atoms with Crippen molar-refractivity contribution in [1.82, 2.24) is 14.3 Å². The van der Waals surface area contributed by atoms with E-state index in [0.29, 0.717) is 17.9 Å². The first kappa shape index (κ1) is 12.8. The van der Waals surface area contributed by atoms with Gasteiger partial charge < -0.3 is 10.0 Å². The van der Waals surface area contributed by atoms with Crippen molar-refractivity contribution < 1.29 is 14.7 Å². The Morgan fingerprint density at radius 1 is 1.45 bits per heavy atom. The Bertz CT molecular complexity index is 750. The number of carbonyl (C=O) groups is 2. The Morgan fingerprint density at radius 2 is 2.25 bits per heavy atom. The first-order valence-corrected chi connectivity index (χ1v) is 6.93. The normalized spacial score (nSPS) is 18.6. The Balaban J connectivity index is 1.92. The number of hydrogen-bond donors (Lipinski definition) is 1. The molecule has 3 heterocycles. The van der Waals surface area contributed by atoms with Gasteiger partial charge in [-0.1, -0.05) is 0 Å². The fraction of sp³-hybridized carbons (Fsp3) is 0.333. The van der Waals surface area contributed by atoms with Crippen molar-refractivity contribution in [3.05, 3.63) is 33.7 Å². The van der Waals surface area contributed by atoms with Gasteiger partial charge in [0.1, 0.15) is 5.56 Å². The van der Waals surface area contributed by atoms with E-state index < -0.39 is 23.4 Å². The van der Waals surface area contributed by atoms with Crippen molar-refractivity contribution in [1.29, 1.82) is 0 Å². The highest BCUT2D eigenvalue weighted by Crippen LogP contribution is 2.18. The number of fused-ring (bicyclic) bond motifs is 1. The molecular formula is C12H11N3O4S. The maximum Gasteiger partial charge on any atom is 0.308 e. The summed E-state index contributed by atoms with van der Waals surface area (Å²) >= 11 is 1.31. The number of aromatic nitrogens is 2. The molecule has 1 fully saturated rings. The molecule has 2 aromatic heterocycles. The van der Waals surface area contributed by atoms with E-state index in [1.165, 1.54) is 26.8 Å². The highest BCUT2D eigenvalue weighted by Gasteiger charge is 2.32. The van der Waals surface area contributed by atoms with E-state index in [2.05, 4.69) is 4.98 Å². The SMILES string of the molecule is O=C(O)C1CCN(C(=O)c2cnc3sccn3c2=O)C1. The lowest BCUT2D eigenvalue weighted by atomic mass is 10.1. The summed E-state index contributed by atoms with van der Waals surface area (Å²) in [5.41, 5.74) is -0.438. The highest BCUT2D eigenvalue weighted by atomic mass is 32.1. The van der Waals surface area contributed by atoms with Crippen molar-refractivity contribution in [2.24, 2.45) is 5.92 Å². The smallest absolute Gasteiger partial charge is 0.308 e. The Morgan fingerprint density at radius 3 is 2.95 bits per heavy atom. The third kappa shape index (κ3) is 1.97. The van der Waals surface area contributed by atoms with Crippen LogP contribution in [0.1, 0.15) is 16.8 Å². The molecule has 0 spiro atoms. The molecule has 1 amide bonds. The second kappa shape index (κ2) is 4.71. The van der Waals surface area contributed by atoms with Gasteiger partial charge >= 0.3 is 5.97 Å². The van der Waals surface area contributed by atoms with Gasteiger partial charge in [-0.15, -0.1) is 11.3 Å². The summed E-state index contributed by atoms with van der Waals surface area (Å²) in [6.07, 6.45) is 3.25. The molecule has 1 saturated heterocycles. The van der Waals surface area contributed by atoms with Crippen LogP contribution in [0.2, 0.25) is 0 Å². The second-order valence-corrected chi connectivity index (χ2v) is 5.48. The summed E-state index contributed by atoms with van der Waals surface area (Å²) in [5.74, 6) is -1.92. The van der Waals surface area contributed by atoms with Crippen LogP contribution in [0.5, 0.6) is 0 Å². The molecule has 0 aliphatic carbocycles. The number of aliphatic carboxylic acids is 1. The van der Waals surface area contributed by atoms with Crippen LogP contribution in [0.4, 0.5) is 0 Å². The monoisotopic (exact) mass is 293 g/mol. The molecule has 7 nitrogen and oxygen atoms in total. The third-order valence-corrected chi connectivity index (χ3v) is 4.17. The van der Waals surface area contributed by atoms with E-state index in [0.717, 1.165) is 0 Å². The molecule has 1 N–H and O–H groups in total. The molecule has 1 aliphatic heterocycles. The third-order valence-electron chi connectivity index (χ3n) is 3.40. The van der Waals surface area contributed by atoms with Crippen LogP contribution in [-0.2, 0) is 4.79 Å². The lowest BCUT2D eigenvalue weighted by Gasteiger charge is -2.15. The van der Waals surface area contributed by atoms with Crippen molar-refractivity contribution in [2.75, 3.05) is 13.1 Å². The zero-order chi connectivity index (χ0) is 14.3. The van der Waals surface area contributed by atoms with Crippen molar-refractivity contribution in [3.8, 4) is 0 Å². The molecule has 3 rings (SSSR count). The summed E-state index contributed by atoms with van der Waals surface area (Å²) < 4.78 is 1.32. The predicted molar refractivity (Wildman–Crippen MR) is 71.0 cm³/mol. The summed E-state index contributed by atoms with van der Waals surface area (Å²) in [7, 11) is 0. The summed E-state index contributed by atoms with van der Waals surface area (Å²) in [6.45, 7) is 0.488. The lowest BCUT2D eigenvalue weighted by Crippen LogP contribution is -2.34. The molecule has 1 aliphatic rings. The van der Waals surface area contributed by atoms with Crippen LogP contribution < -0.4 is 5.56 Å². The van der Waals surface area contributed by atoms with E-state index in [-0.39, 0.29) is 12.1 Å². The van der Waals surface area contributed by atoms with Crippen LogP contribution in [0.25, 0.3) is 4.96 Å². The first-order chi connectivity index (χ1) is 9.58. The number of hydrogen-bond acceptors (Lipinski definition) is 5. The Kier molecular flexibility index (Phi) is 3.01. The molecule has 2 aromatic rings. The van der Waals surface area contributed by atoms with Crippen LogP contribution in [-0.4, -0.2) is 44.4 Å². The number of likely N-dealkylation sites (tertiary alicyclic amines) is 1. The second-order valence-electron chi connectivity index (χ2n) is 4.61. The number of carboxylic acid groups (broad SMARTS) is 1. The summed E-state index contributed by atoms with van der Waals surface area (Å²) in [4.78, 5) is 41.3. The fourth-order valence-electron chi connectivity index (χ4n) is 2.29. The van der Waals surface area contributed by atoms with Gasteiger partial charge in [0.15, 0.2) is 4.96 Å². The molecular weight excluding hydrogens is 282 g/mol. The highest BCUT2D eigenvalue weighted by molar-refractivity contribution is 7.15. The van der Waals surface area contributed by atoms with Crippen molar-refractivity contribution >= 4 is 28.2 Å². The zero-order valence-electron chi connectivity index (χ0n) is 10.4. The van der Waals surface area contributed by atoms with E-state index in [1.807, 2.05) is 0 Å². The van der Waals surface area contributed by atoms with E-state index in [9.17, 15) is 14.4 Å². The average molecular weight is 293 g/mol. The molecule has 0 bridgehead atoms. The minimum Gasteiger partial charge on any atom is -0.481 e. The van der Waals surface area contributed by atoms with Crippen LogP contribution in [0.15, 0.2) is 22.6 Å². The summed E-state index contributed by atoms with van der Waals surface area (Å²) in [6, 6.07) is 0. The minimum absolute atomic E-state index is 0.0214. The maximum absolute atomic E-state index is 12.3. The summed E-state index contributed by atoms with van der Waals surface area (Å²) in [5, 5.41) is 10.7. The fourth-order valence-corrected chi connectivity index (χ4v) is 2.96. The quantitative estimate of drug-likeness (QED) is 0.860. The Labute approximate surface area is 117 Å².